The van der Waals surface area contributed by atoms with Gasteiger partial charge in [-0.05, 0) is 66.6 Å². The van der Waals surface area contributed by atoms with Gasteiger partial charge in [0, 0.05) is 18.3 Å². The Morgan fingerprint density at radius 2 is 1.48 bits per heavy atom. The topological polar surface area (TPSA) is 121 Å². The van der Waals surface area contributed by atoms with Crippen LogP contribution in [0.4, 0.5) is 0 Å². The maximum absolute atomic E-state index is 12.3. The van der Waals surface area contributed by atoms with Crippen LogP contribution in [-0.2, 0) is 0 Å². The van der Waals surface area contributed by atoms with Crippen molar-refractivity contribution < 1.29 is 30.6 Å². The molecule has 0 spiro atoms. The molecule has 0 aliphatic heterocycles. The second-order valence-corrected chi connectivity index (χ2v) is 12.9. The predicted octanol–water partition coefficient (Wildman–Crippen LogP) is 2.24. The molecule has 4 aliphatic rings. The highest BCUT2D eigenvalue weighted by Crippen LogP contribution is 2.69. The van der Waals surface area contributed by atoms with E-state index >= 15 is 0 Å². The molecule has 0 saturated heterocycles. The minimum Gasteiger partial charge on any atom is -0.393 e. The SMILES string of the molecule is CC(C)[C@@H](O)C=C[C@@H](C)[C@H]1C[C@@H](O)[C@@H]2[C@]1(C)CC[C@@H]1[C@@]3(C)CC[C@H](O)[C@H](O)[C@@H]3[C@@H](O)C[C@]12O. The van der Waals surface area contributed by atoms with Crippen LogP contribution in [0.5, 0.6) is 0 Å². The smallest absolute Gasteiger partial charge is 0.0857 e. The van der Waals surface area contributed by atoms with Gasteiger partial charge >= 0.3 is 0 Å². The first-order valence-electron chi connectivity index (χ1n) is 13.1. The molecule has 0 unspecified atom stereocenters. The highest BCUT2D eigenvalue weighted by atomic mass is 16.3. The lowest BCUT2D eigenvalue weighted by Gasteiger charge is -2.66. The molecule has 0 heterocycles. The number of aliphatic hydroxyl groups excluding tert-OH is 5. The van der Waals surface area contributed by atoms with E-state index in [4.69, 9.17) is 0 Å². The Kier molecular flexibility index (Phi) is 6.64. The van der Waals surface area contributed by atoms with Crippen molar-refractivity contribution in [1.82, 2.24) is 0 Å². The summed E-state index contributed by atoms with van der Waals surface area (Å²) in [6.07, 6.45) is 3.49. The van der Waals surface area contributed by atoms with Crippen LogP contribution in [0.2, 0.25) is 0 Å². The third-order valence-corrected chi connectivity index (χ3v) is 10.7. The summed E-state index contributed by atoms with van der Waals surface area (Å²) in [7, 11) is 0. The molecule has 33 heavy (non-hydrogen) atoms. The monoisotopic (exact) mass is 466 g/mol. The zero-order chi connectivity index (χ0) is 24.5. The van der Waals surface area contributed by atoms with Crippen molar-refractivity contribution in [3.63, 3.8) is 0 Å². The van der Waals surface area contributed by atoms with Gasteiger partial charge in [-0.2, -0.15) is 0 Å². The van der Waals surface area contributed by atoms with Crippen LogP contribution in [0, 0.1) is 46.3 Å². The van der Waals surface area contributed by atoms with Crippen molar-refractivity contribution in [2.45, 2.75) is 109 Å². The second-order valence-electron chi connectivity index (χ2n) is 12.9. The Bertz CT molecular complexity index is 755. The zero-order valence-corrected chi connectivity index (χ0v) is 20.9. The molecule has 13 atom stereocenters. The Morgan fingerprint density at radius 1 is 0.848 bits per heavy atom. The van der Waals surface area contributed by atoms with Gasteiger partial charge in [0.05, 0.1) is 36.1 Å². The van der Waals surface area contributed by atoms with Gasteiger partial charge in [0.25, 0.3) is 0 Å². The fourth-order valence-electron chi connectivity index (χ4n) is 9.09. The van der Waals surface area contributed by atoms with E-state index in [0.717, 1.165) is 12.8 Å². The fraction of sp³-hybridized carbons (Fsp3) is 0.926. The van der Waals surface area contributed by atoms with Crippen LogP contribution in [0.15, 0.2) is 12.2 Å². The number of rotatable bonds is 4. The molecular weight excluding hydrogens is 420 g/mol. The molecule has 0 amide bonds. The van der Waals surface area contributed by atoms with Gasteiger partial charge in [-0.1, -0.05) is 46.8 Å². The minimum absolute atomic E-state index is 0.127. The average molecular weight is 467 g/mol. The third-order valence-electron chi connectivity index (χ3n) is 10.7. The molecule has 0 bridgehead atoms. The van der Waals surface area contributed by atoms with E-state index in [-0.39, 0.29) is 41.4 Å². The summed E-state index contributed by atoms with van der Waals surface area (Å²) in [6.45, 7) is 10.4. The lowest BCUT2D eigenvalue weighted by Crippen LogP contribution is -2.70. The molecule has 190 valence electrons. The van der Waals surface area contributed by atoms with Crippen molar-refractivity contribution in [2.24, 2.45) is 46.3 Å². The van der Waals surface area contributed by atoms with E-state index in [1.807, 2.05) is 19.9 Å². The van der Waals surface area contributed by atoms with Crippen molar-refractivity contribution in [1.29, 1.82) is 0 Å². The van der Waals surface area contributed by atoms with Crippen LogP contribution < -0.4 is 0 Å². The van der Waals surface area contributed by atoms with Crippen LogP contribution >= 0.6 is 0 Å². The molecule has 6 nitrogen and oxygen atoms in total. The molecule has 4 fully saturated rings. The number of aliphatic hydroxyl groups is 6. The lowest BCUT2D eigenvalue weighted by molar-refractivity contribution is -0.280. The third kappa shape index (κ3) is 3.75. The minimum atomic E-state index is -1.21. The first kappa shape index (κ1) is 25.6. The van der Waals surface area contributed by atoms with Crippen LogP contribution in [0.3, 0.4) is 0 Å². The van der Waals surface area contributed by atoms with Gasteiger partial charge in [0.15, 0.2) is 0 Å². The molecule has 0 aromatic heterocycles. The Morgan fingerprint density at radius 3 is 2.12 bits per heavy atom. The normalized spacial score (nSPS) is 54.1. The van der Waals surface area contributed by atoms with E-state index in [1.165, 1.54) is 0 Å². The summed E-state index contributed by atoms with van der Waals surface area (Å²) >= 11 is 0. The van der Waals surface area contributed by atoms with Gasteiger partial charge < -0.3 is 30.6 Å². The van der Waals surface area contributed by atoms with Crippen LogP contribution in [0.25, 0.3) is 0 Å². The molecule has 0 radical (unpaired) electrons. The van der Waals surface area contributed by atoms with Gasteiger partial charge in [0.1, 0.15) is 0 Å². The predicted molar refractivity (Wildman–Crippen MR) is 126 cm³/mol. The molecule has 4 saturated carbocycles. The van der Waals surface area contributed by atoms with E-state index < -0.39 is 47.5 Å². The summed E-state index contributed by atoms with van der Waals surface area (Å²) in [5.74, 6) is -0.503. The first-order valence-corrected chi connectivity index (χ1v) is 13.1. The van der Waals surface area contributed by atoms with E-state index in [2.05, 4.69) is 26.8 Å². The summed E-state index contributed by atoms with van der Waals surface area (Å²) < 4.78 is 0. The first-order chi connectivity index (χ1) is 15.3. The van der Waals surface area contributed by atoms with Crippen molar-refractivity contribution in [3.8, 4) is 0 Å². The quantitative estimate of drug-likeness (QED) is 0.354. The fourth-order valence-corrected chi connectivity index (χ4v) is 9.09. The summed E-state index contributed by atoms with van der Waals surface area (Å²) in [4.78, 5) is 0. The summed E-state index contributed by atoms with van der Waals surface area (Å²) in [6, 6.07) is 0. The standard InChI is InChI=1S/C27H46O6/c1-14(2)17(28)7-6-15(3)16-12-19(30)24-25(16,4)11-9-21-26(5)10-8-18(29)23(32)22(26)20(31)13-27(21,24)33/h6-7,14-24,28-33H,8-13H2,1-5H3/t15-,16-,17+,18+,19-,20+,21-,22+,23+,24-,25-,26-,27+/m1/s1. The van der Waals surface area contributed by atoms with Crippen LogP contribution in [0.1, 0.15) is 73.1 Å². The van der Waals surface area contributed by atoms with Crippen molar-refractivity contribution in [3.05, 3.63) is 12.2 Å². The number of hydrogen-bond donors (Lipinski definition) is 6. The molecule has 0 aromatic carbocycles. The van der Waals surface area contributed by atoms with Crippen molar-refractivity contribution in [2.75, 3.05) is 0 Å². The molecule has 4 rings (SSSR count). The van der Waals surface area contributed by atoms with Gasteiger partial charge in [-0.15, -0.1) is 0 Å². The highest BCUT2D eigenvalue weighted by Gasteiger charge is 2.71. The maximum Gasteiger partial charge on any atom is 0.0857 e. The van der Waals surface area contributed by atoms with E-state index in [1.54, 1.807) is 0 Å². The van der Waals surface area contributed by atoms with E-state index in [9.17, 15) is 30.6 Å². The average Bonchev–Trinajstić information content (AvgIpc) is 3.00. The summed E-state index contributed by atoms with van der Waals surface area (Å²) in [5, 5.41) is 66.1. The van der Waals surface area contributed by atoms with Gasteiger partial charge in [-0.25, -0.2) is 0 Å². The molecule has 6 heteroatoms. The Labute approximate surface area is 198 Å². The zero-order valence-electron chi connectivity index (χ0n) is 20.9. The van der Waals surface area contributed by atoms with E-state index in [0.29, 0.717) is 19.3 Å². The maximum atomic E-state index is 12.3. The molecule has 4 aliphatic carbocycles. The van der Waals surface area contributed by atoms with Crippen molar-refractivity contribution >= 4 is 0 Å². The largest absolute Gasteiger partial charge is 0.393 e. The van der Waals surface area contributed by atoms with Gasteiger partial charge in [0.2, 0.25) is 0 Å². The van der Waals surface area contributed by atoms with Gasteiger partial charge in [-0.3, -0.25) is 0 Å². The number of fused-ring (bicyclic) bond motifs is 5. The molecule has 6 N–H and O–H groups in total. The lowest BCUT2D eigenvalue weighted by atomic mass is 9.41. The Balaban J connectivity index is 1.65. The molecule has 0 aromatic rings. The Hall–Kier alpha value is -0.500. The van der Waals surface area contributed by atoms with Crippen LogP contribution in [-0.4, -0.2) is 66.8 Å². The number of hydrogen-bond acceptors (Lipinski definition) is 6. The highest BCUT2D eigenvalue weighted by molar-refractivity contribution is 5.21. The number of allylic oxidation sites excluding steroid dienone is 1. The summed E-state index contributed by atoms with van der Waals surface area (Å²) in [5.41, 5.74) is -1.99. The molecular formula is C27H46O6. The second kappa shape index (κ2) is 8.56.